The Bertz CT molecular complexity index is 496. The van der Waals surface area contributed by atoms with E-state index in [9.17, 15) is 4.39 Å². The van der Waals surface area contributed by atoms with Crippen LogP contribution in [0.15, 0.2) is 30.3 Å². The predicted octanol–water partition coefficient (Wildman–Crippen LogP) is 4.43. The number of thiophene rings is 1. The lowest BCUT2D eigenvalue weighted by atomic mass is 10.2. The molecule has 1 aromatic heterocycles. The van der Waals surface area contributed by atoms with Gasteiger partial charge in [-0.2, -0.15) is 0 Å². The van der Waals surface area contributed by atoms with E-state index in [0.29, 0.717) is 12.4 Å². The fourth-order valence-corrected chi connectivity index (χ4v) is 2.31. The van der Waals surface area contributed by atoms with Crippen molar-refractivity contribution in [1.29, 1.82) is 0 Å². The van der Waals surface area contributed by atoms with Crippen LogP contribution in [0.3, 0.4) is 0 Å². The Kier molecular flexibility index (Phi) is 3.46. The standard InChI is InChI=1S/C12H10ClFOS/c1-8-2-3-9(14)6-11(8)15-7-10-4-5-12(13)16-10/h2-6H,7H2,1H3. The number of hydrogen-bond acceptors (Lipinski definition) is 2. The zero-order chi connectivity index (χ0) is 11.5. The average molecular weight is 257 g/mol. The summed E-state index contributed by atoms with van der Waals surface area (Å²) in [5.74, 6) is 0.286. The second-order valence-electron chi connectivity index (χ2n) is 3.40. The molecule has 0 fully saturated rings. The molecule has 0 spiro atoms. The van der Waals surface area contributed by atoms with E-state index in [-0.39, 0.29) is 5.82 Å². The normalized spacial score (nSPS) is 10.4. The first-order chi connectivity index (χ1) is 7.65. The number of halogens is 2. The molecule has 0 N–H and O–H groups in total. The molecule has 0 aliphatic heterocycles. The summed E-state index contributed by atoms with van der Waals surface area (Å²) in [6.45, 7) is 2.30. The van der Waals surface area contributed by atoms with Gasteiger partial charge in [0.05, 0.1) is 4.34 Å². The summed E-state index contributed by atoms with van der Waals surface area (Å²) in [4.78, 5) is 1.02. The van der Waals surface area contributed by atoms with Gasteiger partial charge in [0.1, 0.15) is 18.2 Å². The van der Waals surface area contributed by atoms with Crippen LogP contribution < -0.4 is 4.74 Å². The van der Waals surface area contributed by atoms with Gasteiger partial charge in [0.15, 0.2) is 0 Å². The lowest BCUT2D eigenvalue weighted by Crippen LogP contribution is -1.95. The van der Waals surface area contributed by atoms with E-state index in [4.69, 9.17) is 16.3 Å². The van der Waals surface area contributed by atoms with Crippen molar-refractivity contribution < 1.29 is 9.13 Å². The lowest BCUT2D eigenvalue weighted by Gasteiger charge is -2.07. The molecule has 16 heavy (non-hydrogen) atoms. The Hall–Kier alpha value is -1.06. The van der Waals surface area contributed by atoms with Gasteiger partial charge in [0, 0.05) is 10.9 Å². The number of rotatable bonds is 3. The zero-order valence-electron chi connectivity index (χ0n) is 8.67. The molecule has 0 aliphatic rings. The molecule has 0 unspecified atom stereocenters. The Labute approximate surface area is 102 Å². The number of hydrogen-bond donors (Lipinski definition) is 0. The van der Waals surface area contributed by atoms with E-state index >= 15 is 0 Å². The van der Waals surface area contributed by atoms with Gasteiger partial charge in [-0.3, -0.25) is 0 Å². The van der Waals surface area contributed by atoms with Crippen molar-refractivity contribution in [2.24, 2.45) is 0 Å². The fourth-order valence-electron chi connectivity index (χ4n) is 1.31. The summed E-state index contributed by atoms with van der Waals surface area (Å²) in [7, 11) is 0. The topological polar surface area (TPSA) is 9.23 Å². The van der Waals surface area contributed by atoms with Gasteiger partial charge in [-0.25, -0.2) is 4.39 Å². The van der Waals surface area contributed by atoms with Gasteiger partial charge in [-0.15, -0.1) is 11.3 Å². The predicted molar refractivity (Wildman–Crippen MR) is 64.8 cm³/mol. The van der Waals surface area contributed by atoms with Crippen molar-refractivity contribution in [1.82, 2.24) is 0 Å². The van der Waals surface area contributed by atoms with Crippen molar-refractivity contribution >= 4 is 22.9 Å². The van der Waals surface area contributed by atoms with E-state index in [1.165, 1.54) is 23.5 Å². The molecule has 0 aliphatic carbocycles. The van der Waals surface area contributed by atoms with Gasteiger partial charge in [0.2, 0.25) is 0 Å². The van der Waals surface area contributed by atoms with Crippen LogP contribution in [-0.4, -0.2) is 0 Å². The van der Waals surface area contributed by atoms with E-state index in [1.54, 1.807) is 6.07 Å². The van der Waals surface area contributed by atoms with E-state index in [2.05, 4.69) is 0 Å². The molecule has 4 heteroatoms. The molecule has 0 radical (unpaired) electrons. The third kappa shape index (κ3) is 2.74. The Morgan fingerprint density at radius 3 is 2.81 bits per heavy atom. The summed E-state index contributed by atoms with van der Waals surface area (Å²) in [6.07, 6.45) is 0. The van der Waals surface area contributed by atoms with Crippen LogP contribution in [0, 0.1) is 12.7 Å². The first-order valence-corrected chi connectivity index (χ1v) is 5.98. The second-order valence-corrected chi connectivity index (χ2v) is 5.20. The van der Waals surface area contributed by atoms with E-state index in [0.717, 1.165) is 14.8 Å². The molecule has 0 amide bonds. The van der Waals surface area contributed by atoms with Crippen LogP contribution in [-0.2, 0) is 6.61 Å². The van der Waals surface area contributed by atoms with Gasteiger partial charge in [-0.05, 0) is 30.7 Å². The first-order valence-electron chi connectivity index (χ1n) is 4.78. The number of ether oxygens (including phenoxy) is 1. The largest absolute Gasteiger partial charge is 0.488 e. The quantitative estimate of drug-likeness (QED) is 0.790. The minimum atomic E-state index is -0.287. The highest BCUT2D eigenvalue weighted by molar-refractivity contribution is 7.16. The fraction of sp³-hybridized carbons (Fsp3) is 0.167. The molecule has 1 nitrogen and oxygen atoms in total. The summed E-state index contributed by atoms with van der Waals surface area (Å²) in [5, 5.41) is 0. The monoisotopic (exact) mass is 256 g/mol. The van der Waals surface area contributed by atoms with Crippen LogP contribution in [0.1, 0.15) is 10.4 Å². The second kappa shape index (κ2) is 4.85. The van der Waals surface area contributed by atoms with Gasteiger partial charge < -0.3 is 4.74 Å². The molecular weight excluding hydrogens is 247 g/mol. The van der Waals surface area contributed by atoms with E-state index in [1.807, 2.05) is 19.1 Å². The highest BCUT2D eigenvalue weighted by atomic mass is 35.5. The molecule has 0 bridgehead atoms. The van der Waals surface area contributed by atoms with Crippen LogP contribution >= 0.6 is 22.9 Å². The SMILES string of the molecule is Cc1ccc(F)cc1OCc1ccc(Cl)s1. The van der Waals surface area contributed by atoms with Crippen LogP contribution in [0.25, 0.3) is 0 Å². The third-order valence-electron chi connectivity index (χ3n) is 2.15. The van der Waals surface area contributed by atoms with Gasteiger partial charge in [-0.1, -0.05) is 17.7 Å². The van der Waals surface area contributed by atoms with Gasteiger partial charge >= 0.3 is 0 Å². The molecule has 1 heterocycles. The minimum Gasteiger partial charge on any atom is -0.488 e. The first kappa shape index (κ1) is 11.4. The average Bonchev–Trinajstić information content (AvgIpc) is 2.66. The Balaban J connectivity index is 2.07. The molecule has 0 saturated carbocycles. The highest BCUT2D eigenvalue weighted by Gasteiger charge is 2.03. The number of benzene rings is 1. The molecule has 1 aromatic carbocycles. The van der Waals surface area contributed by atoms with Crippen molar-refractivity contribution in [3.8, 4) is 5.75 Å². The summed E-state index contributed by atoms with van der Waals surface area (Å²) in [5.41, 5.74) is 0.920. The van der Waals surface area contributed by atoms with Crippen molar-refractivity contribution in [3.63, 3.8) is 0 Å². The van der Waals surface area contributed by atoms with Crippen LogP contribution in [0.2, 0.25) is 4.34 Å². The highest BCUT2D eigenvalue weighted by Crippen LogP contribution is 2.24. The van der Waals surface area contributed by atoms with Gasteiger partial charge in [0.25, 0.3) is 0 Å². The smallest absolute Gasteiger partial charge is 0.126 e. The summed E-state index contributed by atoms with van der Waals surface area (Å²) >= 11 is 7.27. The molecule has 0 atom stereocenters. The molecule has 2 rings (SSSR count). The number of aryl methyl sites for hydroxylation is 1. The zero-order valence-corrected chi connectivity index (χ0v) is 10.2. The maximum absolute atomic E-state index is 13.0. The summed E-state index contributed by atoms with van der Waals surface area (Å²) < 4.78 is 19.2. The van der Waals surface area contributed by atoms with Crippen LogP contribution in [0.5, 0.6) is 5.75 Å². The van der Waals surface area contributed by atoms with Crippen molar-refractivity contribution in [2.75, 3.05) is 0 Å². The summed E-state index contributed by atoms with van der Waals surface area (Å²) in [6, 6.07) is 8.24. The Morgan fingerprint density at radius 2 is 2.12 bits per heavy atom. The minimum absolute atomic E-state index is 0.287. The maximum atomic E-state index is 13.0. The van der Waals surface area contributed by atoms with Crippen LogP contribution in [0.4, 0.5) is 4.39 Å². The van der Waals surface area contributed by atoms with Crippen molar-refractivity contribution in [3.05, 3.63) is 50.9 Å². The lowest BCUT2D eigenvalue weighted by molar-refractivity contribution is 0.306. The maximum Gasteiger partial charge on any atom is 0.126 e. The van der Waals surface area contributed by atoms with E-state index < -0.39 is 0 Å². The molecule has 84 valence electrons. The molecular formula is C12H10ClFOS. The molecule has 0 saturated heterocycles. The van der Waals surface area contributed by atoms with Crippen molar-refractivity contribution in [2.45, 2.75) is 13.5 Å². The third-order valence-corrected chi connectivity index (χ3v) is 3.35. The molecule has 2 aromatic rings. The Morgan fingerprint density at radius 1 is 1.31 bits per heavy atom.